The van der Waals surface area contributed by atoms with Crippen molar-refractivity contribution in [3.05, 3.63) is 0 Å². The molecule has 0 saturated heterocycles. The van der Waals surface area contributed by atoms with Crippen molar-refractivity contribution < 1.29 is 13.0 Å². The van der Waals surface area contributed by atoms with Crippen LogP contribution in [0.5, 0.6) is 0 Å². The highest BCUT2D eigenvalue weighted by Crippen LogP contribution is 2.11. The molecule has 0 aliphatic heterocycles. The van der Waals surface area contributed by atoms with Gasteiger partial charge in [-0.1, -0.05) is 45.4 Å². The fourth-order valence-corrected chi connectivity index (χ4v) is 1.83. The average Bonchev–Trinajstić information content (AvgIpc) is 2.09. The minimum Gasteiger partial charge on any atom is -0.285 e. The molecule has 0 fully saturated rings. The van der Waals surface area contributed by atoms with E-state index in [1.807, 2.05) is 0 Å². The summed E-state index contributed by atoms with van der Waals surface area (Å²) in [6.45, 7) is 3.72. The zero-order valence-electron chi connectivity index (χ0n) is 9.20. The quantitative estimate of drug-likeness (QED) is 0.507. The molecule has 0 aromatic carbocycles. The predicted molar refractivity (Wildman–Crippen MR) is 59.0 cm³/mol. The molecule has 0 bridgehead atoms. The molecular formula is C10H22O3S. The predicted octanol–water partition coefficient (Wildman–Crippen LogP) is 3.01. The lowest BCUT2D eigenvalue weighted by molar-refractivity contribution is 0.461. The van der Waals surface area contributed by atoms with Crippen molar-refractivity contribution in [3.63, 3.8) is 0 Å². The Morgan fingerprint density at radius 3 is 2.07 bits per heavy atom. The summed E-state index contributed by atoms with van der Waals surface area (Å²) >= 11 is 0. The molecule has 0 aliphatic rings. The molecule has 1 unspecified atom stereocenters. The number of hydrogen-bond acceptors (Lipinski definition) is 2. The minimum absolute atomic E-state index is 0.574. The standard InChI is InChI=1S/C10H22O3S/c1-3-4-5-6-7-8-9-10(2)14(11,12)13/h10H,3-9H2,1-2H3,(H,11,12,13). The third-order valence-electron chi connectivity index (χ3n) is 2.47. The van der Waals surface area contributed by atoms with Gasteiger partial charge in [-0.3, -0.25) is 4.55 Å². The van der Waals surface area contributed by atoms with Gasteiger partial charge in [0, 0.05) is 0 Å². The van der Waals surface area contributed by atoms with Gasteiger partial charge in [0.1, 0.15) is 0 Å². The minimum atomic E-state index is -3.80. The highest BCUT2D eigenvalue weighted by Gasteiger charge is 2.15. The molecule has 1 N–H and O–H groups in total. The summed E-state index contributed by atoms with van der Waals surface area (Å²) in [5.74, 6) is 0. The van der Waals surface area contributed by atoms with Crippen LogP contribution in [0.15, 0.2) is 0 Å². The first-order chi connectivity index (χ1) is 6.48. The van der Waals surface area contributed by atoms with Crippen LogP contribution < -0.4 is 0 Å². The van der Waals surface area contributed by atoms with Crippen molar-refractivity contribution >= 4 is 10.1 Å². The van der Waals surface area contributed by atoms with Crippen molar-refractivity contribution in [1.29, 1.82) is 0 Å². The Morgan fingerprint density at radius 1 is 1.07 bits per heavy atom. The van der Waals surface area contributed by atoms with Gasteiger partial charge in [-0.05, 0) is 13.3 Å². The van der Waals surface area contributed by atoms with Crippen LogP contribution in [0.25, 0.3) is 0 Å². The van der Waals surface area contributed by atoms with E-state index in [2.05, 4.69) is 6.92 Å². The fourth-order valence-electron chi connectivity index (χ4n) is 1.36. The van der Waals surface area contributed by atoms with Crippen LogP contribution in [0.1, 0.15) is 58.8 Å². The Hall–Kier alpha value is -0.0900. The molecule has 14 heavy (non-hydrogen) atoms. The zero-order valence-corrected chi connectivity index (χ0v) is 10.0. The smallest absolute Gasteiger partial charge is 0.267 e. The molecule has 0 saturated carbocycles. The average molecular weight is 222 g/mol. The molecule has 0 rings (SSSR count). The number of rotatable bonds is 8. The first-order valence-corrected chi connectivity index (χ1v) is 6.95. The molecule has 0 heterocycles. The summed E-state index contributed by atoms with van der Waals surface area (Å²) in [6.07, 6.45) is 7.42. The molecule has 0 aromatic heterocycles. The van der Waals surface area contributed by atoms with Crippen molar-refractivity contribution in [2.45, 2.75) is 64.0 Å². The largest absolute Gasteiger partial charge is 0.285 e. The molecule has 3 nitrogen and oxygen atoms in total. The molecule has 4 heteroatoms. The van der Waals surface area contributed by atoms with E-state index in [0.29, 0.717) is 6.42 Å². The van der Waals surface area contributed by atoms with Crippen LogP contribution in [-0.4, -0.2) is 18.2 Å². The normalized spacial score (nSPS) is 14.2. The van der Waals surface area contributed by atoms with Crippen molar-refractivity contribution in [1.82, 2.24) is 0 Å². The Bertz CT molecular complexity index is 222. The van der Waals surface area contributed by atoms with Crippen LogP contribution in [-0.2, 0) is 10.1 Å². The van der Waals surface area contributed by atoms with Crippen LogP contribution in [0, 0.1) is 0 Å². The summed E-state index contributed by atoms with van der Waals surface area (Å²) in [4.78, 5) is 0. The molecule has 0 aromatic rings. The van der Waals surface area contributed by atoms with Gasteiger partial charge in [-0.25, -0.2) is 0 Å². The van der Waals surface area contributed by atoms with E-state index in [-0.39, 0.29) is 0 Å². The van der Waals surface area contributed by atoms with Gasteiger partial charge < -0.3 is 0 Å². The Kier molecular flexibility index (Phi) is 7.19. The van der Waals surface area contributed by atoms with Crippen molar-refractivity contribution in [3.8, 4) is 0 Å². The molecular weight excluding hydrogens is 200 g/mol. The third-order valence-corrected chi connectivity index (χ3v) is 3.73. The number of hydrogen-bond donors (Lipinski definition) is 1. The maximum Gasteiger partial charge on any atom is 0.267 e. The monoisotopic (exact) mass is 222 g/mol. The summed E-state index contributed by atoms with van der Waals surface area (Å²) in [5.41, 5.74) is 0. The summed E-state index contributed by atoms with van der Waals surface area (Å²) < 4.78 is 30.0. The Balaban J connectivity index is 3.37. The van der Waals surface area contributed by atoms with Crippen LogP contribution >= 0.6 is 0 Å². The summed E-state index contributed by atoms with van der Waals surface area (Å²) in [5, 5.41) is -0.603. The van der Waals surface area contributed by atoms with Gasteiger partial charge in [-0.15, -0.1) is 0 Å². The van der Waals surface area contributed by atoms with E-state index in [9.17, 15) is 8.42 Å². The SMILES string of the molecule is CCCCCCCCC(C)S(=O)(=O)O. The van der Waals surface area contributed by atoms with Gasteiger partial charge >= 0.3 is 0 Å². The lowest BCUT2D eigenvalue weighted by Gasteiger charge is -2.06. The van der Waals surface area contributed by atoms with Gasteiger partial charge in [0.15, 0.2) is 0 Å². The van der Waals surface area contributed by atoms with Crippen molar-refractivity contribution in [2.24, 2.45) is 0 Å². The summed E-state index contributed by atoms with van der Waals surface area (Å²) in [6, 6.07) is 0. The second-order valence-electron chi connectivity index (χ2n) is 3.88. The molecule has 86 valence electrons. The molecule has 0 radical (unpaired) electrons. The maximum absolute atomic E-state index is 10.7. The first kappa shape index (κ1) is 13.9. The highest BCUT2D eigenvalue weighted by atomic mass is 32.2. The van der Waals surface area contributed by atoms with Gasteiger partial charge in [0.2, 0.25) is 0 Å². The second kappa shape index (κ2) is 7.23. The van der Waals surface area contributed by atoms with Crippen LogP contribution in [0.2, 0.25) is 0 Å². The van der Waals surface area contributed by atoms with Gasteiger partial charge in [-0.2, -0.15) is 8.42 Å². The summed E-state index contributed by atoms with van der Waals surface area (Å²) in [7, 11) is -3.80. The highest BCUT2D eigenvalue weighted by molar-refractivity contribution is 7.86. The maximum atomic E-state index is 10.7. The topological polar surface area (TPSA) is 54.4 Å². The van der Waals surface area contributed by atoms with Crippen LogP contribution in [0.4, 0.5) is 0 Å². The zero-order chi connectivity index (χ0) is 11.0. The number of unbranched alkanes of at least 4 members (excludes halogenated alkanes) is 5. The fraction of sp³-hybridized carbons (Fsp3) is 1.00. The molecule has 1 atom stereocenters. The van der Waals surface area contributed by atoms with E-state index in [1.165, 1.54) is 25.7 Å². The molecule has 0 aliphatic carbocycles. The van der Waals surface area contributed by atoms with Gasteiger partial charge in [0.05, 0.1) is 5.25 Å². The lowest BCUT2D eigenvalue weighted by Crippen LogP contribution is -2.16. The Morgan fingerprint density at radius 2 is 1.57 bits per heavy atom. The first-order valence-electron chi connectivity index (χ1n) is 5.44. The molecule has 0 amide bonds. The van der Waals surface area contributed by atoms with Crippen LogP contribution in [0.3, 0.4) is 0 Å². The second-order valence-corrected chi connectivity index (χ2v) is 5.72. The lowest BCUT2D eigenvalue weighted by atomic mass is 10.1. The van der Waals surface area contributed by atoms with E-state index < -0.39 is 15.4 Å². The van der Waals surface area contributed by atoms with E-state index in [1.54, 1.807) is 6.92 Å². The Labute approximate surface area is 87.7 Å². The van der Waals surface area contributed by atoms with Gasteiger partial charge in [0.25, 0.3) is 10.1 Å². The van der Waals surface area contributed by atoms with E-state index >= 15 is 0 Å². The van der Waals surface area contributed by atoms with E-state index in [0.717, 1.165) is 12.8 Å². The van der Waals surface area contributed by atoms with E-state index in [4.69, 9.17) is 4.55 Å². The van der Waals surface area contributed by atoms with Crippen molar-refractivity contribution in [2.75, 3.05) is 0 Å². The molecule has 0 spiro atoms. The third kappa shape index (κ3) is 7.33.